The predicted molar refractivity (Wildman–Crippen MR) is 73.1 cm³/mol. The van der Waals surface area contributed by atoms with Crippen LogP contribution in [0.25, 0.3) is 0 Å². The van der Waals surface area contributed by atoms with Gasteiger partial charge in [0.2, 0.25) is 0 Å². The Balaban J connectivity index is 2.20. The molecule has 4 nitrogen and oxygen atoms in total. The Morgan fingerprint density at radius 3 is 2.61 bits per heavy atom. The predicted octanol–water partition coefficient (Wildman–Crippen LogP) is 1.96. The Morgan fingerprint density at radius 1 is 1.33 bits per heavy atom. The van der Waals surface area contributed by atoms with Crippen molar-refractivity contribution >= 4 is 5.69 Å². The molecule has 0 amide bonds. The fourth-order valence-corrected chi connectivity index (χ4v) is 2.67. The smallest absolute Gasteiger partial charge is 0.100 e. The minimum absolute atomic E-state index is 0.308. The zero-order valence-electron chi connectivity index (χ0n) is 11.3. The number of hydrogen-bond donors (Lipinski definition) is 2. The van der Waals surface area contributed by atoms with E-state index in [1.54, 1.807) is 18.5 Å². The Bertz CT molecular complexity index is 400. The molecule has 0 bridgehead atoms. The van der Waals surface area contributed by atoms with Gasteiger partial charge in [0.15, 0.2) is 0 Å². The van der Waals surface area contributed by atoms with Crippen LogP contribution in [0.15, 0.2) is 18.5 Å². The molecular formula is C14H23N3O. The van der Waals surface area contributed by atoms with Crippen molar-refractivity contribution < 1.29 is 5.11 Å². The van der Waals surface area contributed by atoms with Crippen LogP contribution < -0.4 is 5.73 Å². The van der Waals surface area contributed by atoms with Crippen molar-refractivity contribution in [2.45, 2.75) is 44.8 Å². The van der Waals surface area contributed by atoms with Gasteiger partial charge < -0.3 is 10.8 Å². The van der Waals surface area contributed by atoms with Crippen LogP contribution in [0, 0.1) is 0 Å². The first-order valence-electron chi connectivity index (χ1n) is 6.66. The van der Waals surface area contributed by atoms with Crippen molar-refractivity contribution in [2.75, 3.05) is 18.8 Å². The maximum Gasteiger partial charge on any atom is 0.100 e. The second-order valence-corrected chi connectivity index (χ2v) is 5.61. The molecule has 0 spiro atoms. The lowest BCUT2D eigenvalue weighted by Crippen LogP contribution is -2.50. The Morgan fingerprint density at radius 2 is 2.00 bits per heavy atom. The molecule has 0 aromatic carbocycles. The van der Waals surface area contributed by atoms with Gasteiger partial charge in [-0.2, -0.15) is 0 Å². The van der Waals surface area contributed by atoms with Gasteiger partial charge in [-0.1, -0.05) is 6.42 Å². The molecule has 2 heterocycles. The van der Waals surface area contributed by atoms with Crippen LogP contribution >= 0.6 is 0 Å². The van der Waals surface area contributed by atoms with Gasteiger partial charge in [-0.05, 0) is 45.8 Å². The maximum atomic E-state index is 10.6. The van der Waals surface area contributed by atoms with Gasteiger partial charge in [-0.15, -0.1) is 0 Å². The standard InChI is InChI=1S/C14H23N3O/c1-14(2,17-8-4-3-5-9-17)13(18)11-10-16-7-6-12(11)15/h6-7,10,13,18H,3-5,8-9H2,1-2H3,(H2,15,16). The van der Waals surface area contributed by atoms with E-state index >= 15 is 0 Å². The molecule has 1 unspecified atom stereocenters. The molecule has 0 aliphatic carbocycles. The lowest BCUT2D eigenvalue weighted by molar-refractivity contribution is -0.0206. The van der Waals surface area contributed by atoms with E-state index in [-0.39, 0.29) is 5.54 Å². The number of aliphatic hydroxyl groups excluding tert-OH is 1. The third kappa shape index (κ3) is 2.49. The normalized spacial score (nSPS) is 19.7. The quantitative estimate of drug-likeness (QED) is 0.859. The molecule has 0 saturated carbocycles. The zero-order valence-corrected chi connectivity index (χ0v) is 11.3. The van der Waals surface area contributed by atoms with Crippen LogP contribution in [-0.4, -0.2) is 33.6 Å². The fraction of sp³-hybridized carbons (Fsp3) is 0.643. The lowest BCUT2D eigenvalue weighted by atomic mass is 9.88. The van der Waals surface area contributed by atoms with Crippen molar-refractivity contribution in [1.82, 2.24) is 9.88 Å². The summed E-state index contributed by atoms with van der Waals surface area (Å²) in [6.07, 6.45) is 6.42. The largest absolute Gasteiger partial charge is 0.398 e. The van der Waals surface area contributed by atoms with Crippen molar-refractivity contribution in [3.8, 4) is 0 Å². The number of nitrogens with zero attached hydrogens (tertiary/aromatic N) is 2. The van der Waals surface area contributed by atoms with E-state index in [4.69, 9.17) is 5.73 Å². The number of rotatable bonds is 3. The number of piperidine rings is 1. The van der Waals surface area contributed by atoms with Gasteiger partial charge in [0.1, 0.15) is 6.10 Å². The van der Waals surface area contributed by atoms with E-state index < -0.39 is 6.10 Å². The third-order valence-electron chi connectivity index (χ3n) is 4.02. The van der Waals surface area contributed by atoms with Crippen LogP contribution in [0.1, 0.15) is 44.8 Å². The number of nitrogens with two attached hydrogens (primary N) is 1. The number of anilines is 1. The van der Waals surface area contributed by atoms with Gasteiger partial charge in [-0.3, -0.25) is 9.88 Å². The Kier molecular flexibility index (Phi) is 3.88. The van der Waals surface area contributed by atoms with Crippen molar-refractivity contribution in [1.29, 1.82) is 0 Å². The number of hydrogen-bond acceptors (Lipinski definition) is 4. The van der Waals surface area contributed by atoms with E-state index in [0.29, 0.717) is 5.69 Å². The van der Waals surface area contributed by atoms with Crippen LogP contribution in [0.5, 0.6) is 0 Å². The topological polar surface area (TPSA) is 62.4 Å². The molecule has 1 atom stereocenters. The summed E-state index contributed by atoms with van der Waals surface area (Å²) in [5.74, 6) is 0. The summed E-state index contributed by atoms with van der Waals surface area (Å²) in [4.78, 5) is 6.42. The molecule has 100 valence electrons. The van der Waals surface area contributed by atoms with Gasteiger partial charge in [0.05, 0.1) is 0 Å². The van der Waals surface area contributed by atoms with Crippen molar-refractivity contribution in [2.24, 2.45) is 0 Å². The Hall–Kier alpha value is -1.13. The first kappa shape index (κ1) is 13.3. The van der Waals surface area contributed by atoms with E-state index in [2.05, 4.69) is 23.7 Å². The van der Waals surface area contributed by atoms with Crippen molar-refractivity contribution in [3.63, 3.8) is 0 Å². The van der Waals surface area contributed by atoms with Crippen LogP contribution in [0.2, 0.25) is 0 Å². The number of aromatic nitrogens is 1. The molecule has 1 fully saturated rings. The van der Waals surface area contributed by atoms with E-state index in [9.17, 15) is 5.11 Å². The number of nitrogen functional groups attached to an aromatic ring is 1. The second kappa shape index (κ2) is 5.24. The molecule has 2 rings (SSSR count). The summed E-state index contributed by atoms with van der Waals surface area (Å²) in [7, 11) is 0. The molecular weight excluding hydrogens is 226 g/mol. The zero-order chi connectivity index (χ0) is 13.2. The van der Waals surface area contributed by atoms with E-state index in [1.165, 1.54) is 19.3 Å². The minimum Gasteiger partial charge on any atom is -0.398 e. The number of aliphatic hydroxyl groups is 1. The monoisotopic (exact) mass is 249 g/mol. The molecule has 1 saturated heterocycles. The van der Waals surface area contributed by atoms with Gasteiger partial charge >= 0.3 is 0 Å². The average Bonchev–Trinajstić information content (AvgIpc) is 2.39. The van der Waals surface area contributed by atoms with E-state index in [0.717, 1.165) is 18.7 Å². The summed E-state index contributed by atoms with van der Waals surface area (Å²) < 4.78 is 0. The fourth-order valence-electron chi connectivity index (χ4n) is 2.67. The summed E-state index contributed by atoms with van der Waals surface area (Å²) in [5.41, 5.74) is 6.96. The highest BCUT2D eigenvalue weighted by atomic mass is 16.3. The van der Waals surface area contributed by atoms with Gasteiger partial charge in [0, 0.05) is 29.2 Å². The Labute approximate surface area is 109 Å². The highest BCUT2D eigenvalue weighted by Crippen LogP contribution is 2.34. The molecule has 1 aliphatic heterocycles. The van der Waals surface area contributed by atoms with Crippen LogP contribution in [0.4, 0.5) is 5.69 Å². The molecule has 18 heavy (non-hydrogen) atoms. The average molecular weight is 249 g/mol. The molecule has 1 aromatic heterocycles. The van der Waals surface area contributed by atoms with Crippen molar-refractivity contribution in [3.05, 3.63) is 24.0 Å². The summed E-state index contributed by atoms with van der Waals surface area (Å²) in [6, 6.07) is 1.74. The summed E-state index contributed by atoms with van der Waals surface area (Å²) >= 11 is 0. The van der Waals surface area contributed by atoms with E-state index in [1.807, 2.05) is 0 Å². The SMILES string of the molecule is CC(C)(C(O)c1cnccc1N)N1CCCCC1. The molecule has 0 radical (unpaired) electrons. The highest BCUT2D eigenvalue weighted by molar-refractivity contribution is 5.46. The van der Waals surface area contributed by atoms with Gasteiger partial charge in [-0.25, -0.2) is 0 Å². The highest BCUT2D eigenvalue weighted by Gasteiger charge is 2.36. The maximum absolute atomic E-state index is 10.6. The van der Waals surface area contributed by atoms with Crippen LogP contribution in [-0.2, 0) is 0 Å². The molecule has 1 aromatic rings. The first-order valence-corrected chi connectivity index (χ1v) is 6.66. The second-order valence-electron chi connectivity index (χ2n) is 5.61. The summed E-state index contributed by atoms with van der Waals surface area (Å²) in [5, 5.41) is 10.6. The summed E-state index contributed by atoms with van der Waals surface area (Å²) in [6.45, 7) is 6.25. The lowest BCUT2D eigenvalue weighted by Gasteiger charge is -2.44. The first-order chi connectivity index (χ1) is 8.53. The minimum atomic E-state index is -0.607. The molecule has 3 N–H and O–H groups in total. The number of likely N-dealkylation sites (tertiary alicyclic amines) is 1. The molecule has 1 aliphatic rings. The third-order valence-corrected chi connectivity index (χ3v) is 4.02. The number of pyridine rings is 1. The van der Waals surface area contributed by atoms with Gasteiger partial charge in [0.25, 0.3) is 0 Å². The molecule has 4 heteroatoms. The van der Waals surface area contributed by atoms with Crippen LogP contribution in [0.3, 0.4) is 0 Å².